The van der Waals surface area contributed by atoms with Crippen molar-refractivity contribution in [3.05, 3.63) is 94.7 Å². The number of hydrogen-bond donors (Lipinski definition) is 1. The summed E-state index contributed by atoms with van der Waals surface area (Å²) >= 11 is 6.18. The Morgan fingerprint density at radius 3 is 2.41 bits per heavy atom. The SMILES string of the molecule is Cc1ccc(NC(=O)c2c(C)nn(-c3ccc(F)cc3)c2-n2cccc2)cc1Cl. The number of aromatic nitrogens is 3. The number of hydrogen-bond acceptors (Lipinski definition) is 2. The van der Waals surface area contributed by atoms with E-state index in [1.54, 1.807) is 40.4 Å². The molecule has 7 heteroatoms. The van der Waals surface area contributed by atoms with Gasteiger partial charge >= 0.3 is 0 Å². The maximum atomic E-state index is 13.4. The van der Waals surface area contributed by atoms with Crippen LogP contribution in [0, 0.1) is 19.7 Å². The largest absolute Gasteiger partial charge is 0.322 e. The minimum Gasteiger partial charge on any atom is -0.322 e. The molecule has 0 bridgehead atoms. The zero-order chi connectivity index (χ0) is 20.5. The molecule has 4 aromatic rings. The van der Waals surface area contributed by atoms with Crippen LogP contribution in [0.2, 0.25) is 5.02 Å². The molecule has 2 aromatic carbocycles. The lowest BCUT2D eigenvalue weighted by atomic mass is 10.2. The molecule has 1 amide bonds. The molecule has 0 saturated heterocycles. The lowest BCUT2D eigenvalue weighted by Gasteiger charge is -2.12. The number of aryl methyl sites for hydroxylation is 2. The first-order chi connectivity index (χ1) is 13.9. The smallest absolute Gasteiger partial charge is 0.261 e. The van der Waals surface area contributed by atoms with Gasteiger partial charge in [0.2, 0.25) is 0 Å². The molecule has 0 unspecified atom stereocenters. The number of nitrogens with zero attached hydrogens (tertiary/aromatic N) is 3. The molecular formula is C22H18ClFN4O. The van der Waals surface area contributed by atoms with Crippen molar-refractivity contribution in [3.8, 4) is 11.5 Å². The Bertz CT molecular complexity index is 1180. The molecule has 0 fully saturated rings. The second kappa shape index (κ2) is 7.56. The number of amides is 1. The van der Waals surface area contributed by atoms with Crippen molar-refractivity contribution >= 4 is 23.2 Å². The Morgan fingerprint density at radius 1 is 1.07 bits per heavy atom. The number of carbonyl (C=O) groups is 1. The molecule has 0 aliphatic heterocycles. The second-order valence-corrected chi connectivity index (χ2v) is 7.09. The standard InChI is InChI=1S/C22H18ClFN4O/c1-14-5-8-17(13-19(14)23)25-21(29)20-15(2)26-28(18-9-6-16(24)7-10-18)22(20)27-11-3-4-12-27/h3-13H,1-2H3,(H,25,29). The van der Waals surface area contributed by atoms with E-state index in [9.17, 15) is 9.18 Å². The predicted octanol–water partition coefficient (Wildman–Crippen LogP) is 5.32. The number of carbonyl (C=O) groups excluding carboxylic acids is 1. The summed E-state index contributed by atoms with van der Waals surface area (Å²) in [5, 5.41) is 8.02. The van der Waals surface area contributed by atoms with Gasteiger partial charge in [0.15, 0.2) is 5.82 Å². The van der Waals surface area contributed by atoms with E-state index < -0.39 is 0 Å². The minimum atomic E-state index is -0.339. The first kappa shape index (κ1) is 19.0. The van der Waals surface area contributed by atoms with Crippen LogP contribution >= 0.6 is 11.6 Å². The minimum absolute atomic E-state index is 0.306. The van der Waals surface area contributed by atoms with Crippen LogP contribution in [0.25, 0.3) is 11.5 Å². The molecule has 0 atom stereocenters. The third kappa shape index (κ3) is 3.67. The molecule has 29 heavy (non-hydrogen) atoms. The van der Waals surface area contributed by atoms with Gasteiger partial charge in [0, 0.05) is 23.1 Å². The molecule has 0 saturated carbocycles. The van der Waals surface area contributed by atoms with E-state index in [0.29, 0.717) is 33.5 Å². The maximum Gasteiger partial charge on any atom is 0.261 e. The Labute approximate surface area is 172 Å². The van der Waals surface area contributed by atoms with Crippen molar-refractivity contribution in [3.63, 3.8) is 0 Å². The van der Waals surface area contributed by atoms with Crippen molar-refractivity contribution in [2.24, 2.45) is 0 Å². The zero-order valence-corrected chi connectivity index (χ0v) is 16.6. The van der Waals surface area contributed by atoms with Crippen LogP contribution in [0.3, 0.4) is 0 Å². The molecule has 0 spiro atoms. The molecular weight excluding hydrogens is 391 g/mol. The van der Waals surface area contributed by atoms with Crippen LogP contribution in [-0.2, 0) is 0 Å². The average molecular weight is 409 g/mol. The van der Waals surface area contributed by atoms with E-state index in [4.69, 9.17) is 11.6 Å². The van der Waals surface area contributed by atoms with E-state index in [-0.39, 0.29) is 11.7 Å². The summed E-state index contributed by atoms with van der Waals surface area (Å²) in [5.74, 6) is -0.0799. The number of halogens is 2. The van der Waals surface area contributed by atoms with E-state index in [2.05, 4.69) is 10.4 Å². The van der Waals surface area contributed by atoms with Crippen molar-refractivity contribution in [1.82, 2.24) is 14.3 Å². The normalized spacial score (nSPS) is 10.9. The van der Waals surface area contributed by atoms with Crippen molar-refractivity contribution in [1.29, 1.82) is 0 Å². The zero-order valence-electron chi connectivity index (χ0n) is 15.9. The molecule has 2 heterocycles. The van der Waals surface area contributed by atoms with Gasteiger partial charge in [0.25, 0.3) is 5.91 Å². The Kier molecular flexibility index (Phi) is 4.94. The van der Waals surface area contributed by atoms with Gasteiger partial charge in [0.05, 0.1) is 11.4 Å². The molecule has 0 aliphatic rings. The van der Waals surface area contributed by atoms with Crippen LogP contribution in [0.15, 0.2) is 67.0 Å². The van der Waals surface area contributed by atoms with Gasteiger partial charge < -0.3 is 9.88 Å². The fourth-order valence-corrected chi connectivity index (χ4v) is 3.30. The van der Waals surface area contributed by atoms with E-state index in [1.807, 2.05) is 37.5 Å². The number of nitrogens with one attached hydrogen (secondary N) is 1. The molecule has 4 rings (SSSR count). The highest BCUT2D eigenvalue weighted by atomic mass is 35.5. The van der Waals surface area contributed by atoms with E-state index >= 15 is 0 Å². The Morgan fingerprint density at radius 2 is 1.76 bits per heavy atom. The van der Waals surface area contributed by atoms with Crippen LogP contribution in [0.1, 0.15) is 21.6 Å². The summed E-state index contributed by atoms with van der Waals surface area (Å²) in [5.41, 5.74) is 3.14. The first-order valence-electron chi connectivity index (χ1n) is 9.00. The number of anilines is 1. The summed E-state index contributed by atoms with van der Waals surface area (Å²) in [6.07, 6.45) is 3.66. The highest BCUT2D eigenvalue weighted by Crippen LogP contribution is 2.26. The average Bonchev–Trinajstić information content (AvgIpc) is 3.33. The number of rotatable bonds is 4. The van der Waals surface area contributed by atoms with Crippen molar-refractivity contribution in [2.45, 2.75) is 13.8 Å². The van der Waals surface area contributed by atoms with E-state index in [0.717, 1.165) is 5.56 Å². The molecule has 1 N–H and O–H groups in total. The lowest BCUT2D eigenvalue weighted by Crippen LogP contribution is -2.16. The monoisotopic (exact) mass is 408 g/mol. The lowest BCUT2D eigenvalue weighted by molar-refractivity contribution is 0.102. The van der Waals surface area contributed by atoms with Crippen molar-refractivity contribution in [2.75, 3.05) is 5.32 Å². The Balaban J connectivity index is 1.81. The van der Waals surface area contributed by atoms with Gasteiger partial charge in [-0.05, 0) is 67.9 Å². The first-order valence-corrected chi connectivity index (χ1v) is 9.38. The quantitative estimate of drug-likeness (QED) is 0.496. The molecule has 0 radical (unpaired) electrons. The molecule has 0 aliphatic carbocycles. The van der Waals surface area contributed by atoms with Gasteiger partial charge in [-0.1, -0.05) is 17.7 Å². The summed E-state index contributed by atoms with van der Waals surface area (Å²) in [7, 11) is 0. The van der Waals surface area contributed by atoms with Gasteiger partial charge in [-0.2, -0.15) is 5.10 Å². The van der Waals surface area contributed by atoms with Gasteiger partial charge in [-0.15, -0.1) is 0 Å². The third-order valence-corrected chi connectivity index (χ3v) is 5.02. The van der Waals surface area contributed by atoms with Crippen LogP contribution in [0.5, 0.6) is 0 Å². The Hall–Kier alpha value is -3.38. The van der Waals surface area contributed by atoms with Crippen LogP contribution in [-0.4, -0.2) is 20.3 Å². The van der Waals surface area contributed by atoms with Gasteiger partial charge in [-0.25, -0.2) is 9.07 Å². The van der Waals surface area contributed by atoms with Crippen molar-refractivity contribution < 1.29 is 9.18 Å². The summed E-state index contributed by atoms with van der Waals surface area (Å²) < 4.78 is 16.8. The highest BCUT2D eigenvalue weighted by molar-refractivity contribution is 6.31. The highest BCUT2D eigenvalue weighted by Gasteiger charge is 2.24. The summed E-state index contributed by atoms with van der Waals surface area (Å²) in [4.78, 5) is 13.2. The van der Waals surface area contributed by atoms with Gasteiger partial charge in [-0.3, -0.25) is 4.79 Å². The summed E-state index contributed by atoms with van der Waals surface area (Å²) in [6, 6.07) is 15.0. The van der Waals surface area contributed by atoms with Crippen LogP contribution < -0.4 is 5.32 Å². The number of benzene rings is 2. The second-order valence-electron chi connectivity index (χ2n) is 6.68. The molecule has 2 aromatic heterocycles. The molecule has 146 valence electrons. The predicted molar refractivity (Wildman–Crippen MR) is 112 cm³/mol. The third-order valence-electron chi connectivity index (χ3n) is 4.61. The summed E-state index contributed by atoms with van der Waals surface area (Å²) in [6.45, 7) is 3.67. The topological polar surface area (TPSA) is 51.9 Å². The van der Waals surface area contributed by atoms with Crippen LogP contribution in [0.4, 0.5) is 10.1 Å². The van der Waals surface area contributed by atoms with Gasteiger partial charge in [0.1, 0.15) is 11.4 Å². The maximum absolute atomic E-state index is 13.4. The fraction of sp³-hybridized carbons (Fsp3) is 0.0909. The van der Waals surface area contributed by atoms with E-state index in [1.165, 1.54) is 12.1 Å². The molecule has 5 nitrogen and oxygen atoms in total. The fourth-order valence-electron chi connectivity index (χ4n) is 3.12.